The van der Waals surface area contributed by atoms with Crippen LogP contribution in [0.1, 0.15) is 25.9 Å². The molecule has 3 heterocycles. The predicted molar refractivity (Wildman–Crippen MR) is 104 cm³/mol. The van der Waals surface area contributed by atoms with Gasteiger partial charge in [0, 0.05) is 16.6 Å². The number of carbonyl (C=O) groups excluding carboxylic acids is 2. The second-order valence-electron chi connectivity index (χ2n) is 5.89. The van der Waals surface area contributed by atoms with Crippen molar-refractivity contribution in [3.05, 3.63) is 69.9 Å². The summed E-state index contributed by atoms with van der Waals surface area (Å²) in [4.78, 5) is 28.4. The van der Waals surface area contributed by atoms with Crippen molar-refractivity contribution in [2.75, 3.05) is 6.61 Å². The molecule has 0 aliphatic carbocycles. The second-order valence-corrected chi connectivity index (χ2v) is 7.36. The number of thiophene rings is 1. The maximum atomic E-state index is 12.4. The van der Waals surface area contributed by atoms with E-state index in [0.717, 1.165) is 21.6 Å². The zero-order valence-corrected chi connectivity index (χ0v) is 15.8. The molecule has 27 heavy (non-hydrogen) atoms. The minimum atomic E-state index is -0.534. The molecule has 0 spiro atoms. The van der Waals surface area contributed by atoms with Crippen LogP contribution in [0.25, 0.3) is 15.9 Å². The Morgan fingerprint density at radius 2 is 2.11 bits per heavy atom. The number of halogens is 1. The lowest BCUT2D eigenvalue weighted by Crippen LogP contribution is -2.13. The Bertz CT molecular complexity index is 1140. The molecule has 136 valence electrons. The zero-order valence-electron chi connectivity index (χ0n) is 14.2. The van der Waals surface area contributed by atoms with E-state index in [1.165, 1.54) is 11.3 Å². The topological polar surface area (TPSA) is 77.0 Å². The number of H-pyrrole nitrogens is 1. The van der Waals surface area contributed by atoms with Crippen molar-refractivity contribution >= 4 is 44.9 Å². The number of nitrogens with one attached hydrogen (secondary N) is 1. The first-order valence-electron chi connectivity index (χ1n) is 8.12. The number of ether oxygens (including phenoxy) is 1. The fourth-order valence-electron chi connectivity index (χ4n) is 2.71. The van der Waals surface area contributed by atoms with Crippen molar-refractivity contribution in [1.82, 2.24) is 14.8 Å². The third-order valence-electron chi connectivity index (χ3n) is 4.03. The zero-order chi connectivity index (χ0) is 19.0. The van der Waals surface area contributed by atoms with Gasteiger partial charge in [0.15, 0.2) is 6.61 Å². The van der Waals surface area contributed by atoms with E-state index in [2.05, 4.69) is 10.1 Å². The third-order valence-corrected chi connectivity index (χ3v) is 5.36. The highest BCUT2D eigenvalue weighted by atomic mass is 35.5. The van der Waals surface area contributed by atoms with Gasteiger partial charge in [-0.2, -0.15) is 5.10 Å². The monoisotopic (exact) mass is 399 g/mol. The summed E-state index contributed by atoms with van der Waals surface area (Å²) in [7, 11) is 0. The molecule has 0 fully saturated rings. The third kappa shape index (κ3) is 3.39. The van der Waals surface area contributed by atoms with Crippen molar-refractivity contribution in [2.24, 2.45) is 0 Å². The highest BCUT2D eigenvalue weighted by molar-refractivity contribution is 7.20. The van der Waals surface area contributed by atoms with E-state index in [4.69, 9.17) is 16.3 Å². The van der Waals surface area contributed by atoms with Gasteiger partial charge in [-0.3, -0.25) is 4.79 Å². The Morgan fingerprint density at radius 3 is 2.85 bits per heavy atom. The van der Waals surface area contributed by atoms with Gasteiger partial charge in [-0.1, -0.05) is 17.7 Å². The van der Waals surface area contributed by atoms with Gasteiger partial charge < -0.3 is 9.72 Å². The molecule has 0 amide bonds. The fraction of sp³-hybridized carbons (Fsp3) is 0.105. The lowest BCUT2D eigenvalue weighted by molar-refractivity contribution is 0.0478. The first-order valence-corrected chi connectivity index (χ1v) is 9.31. The summed E-state index contributed by atoms with van der Waals surface area (Å²) >= 11 is 7.34. The SMILES string of the molecule is Cc1nn(-c2cccc(Cl)c2)c2sc(C(=O)OCC(=O)c3ccc[nH]3)cc12. The second kappa shape index (κ2) is 7.02. The number of aryl methyl sites for hydroxylation is 1. The van der Waals surface area contributed by atoms with Gasteiger partial charge in [-0.25, -0.2) is 9.48 Å². The van der Waals surface area contributed by atoms with E-state index >= 15 is 0 Å². The number of aromatic nitrogens is 3. The first kappa shape index (κ1) is 17.5. The molecule has 0 atom stereocenters. The van der Waals surface area contributed by atoms with Gasteiger partial charge in [0.1, 0.15) is 9.71 Å². The Hall–Kier alpha value is -2.90. The minimum absolute atomic E-state index is 0.282. The van der Waals surface area contributed by atoms with E-state index < -0.39 is 5.97 Å². The molecular formula is C19H14ClN3O3S. The first-order chi connectivity index (χ1) is 13.0. The summed E-state index contributed by atoms with van der Waals surface area (Å²) in [6.07, 6.45) is 1.64. The van der Waals surface area contributed by atoms with Crippen LogP contribution in [0.3, 0.4) is 0 Å². The van der Waals surface area contributed by atoms with E-state index in [1.54, 1.807) is 41.2 Å². The van der Waals surface area contributed by atoms with Crippen LogP contribution < -0.4 is 0 Å². The van der Waals surface area contributed by atoms with Crippen molar-refractivity contribution < 1.29 is 14.3 Å². The predicted octanol–water partition coefficient (Wildman–Crippen LogP) is 4.42. The van der Waals surface area contributed by atoms with E-state index in [9.17, 15) is 9.59 Å². The molecule has 8 heteroatoms. The number of fused-ring (bicyclic) bond motifs is 1. The van der Waals surface area contributed by atoms with Gasteiger partial charge in [0.2, 0.25) is 5.78 Å². The molecule has 3 aromatic heterocycles. The Kier molecular flexibility index (Phi) is 4.55. The number of aromatic amines is 1. The average molecular weight is 400 g/mol. The lowest BCUT2D eigenvalue weighted by atomic mass is 10.3. The van der Waals surface area contributed by atoms with Crippen LogP contribution in [-0.2, 0) is 4.74 Å². The number of esters is 1. The van der Waals surface area contributed by atoms with Crippen molar-refractivity contribution in [1.29, 1.82) is 0 Å². The average Bonchev–Trinajstić information content (AvgIpc) is 3.38. The number of hydrogen-bond donors (Lipinski definition) is 1. The molecule has 4 aromatic rings. The van der Waals surface area contributed by atoms with Crippen molar-refractivity contribution in [3.8, 4) is 5.69 Å². The fourth-order valence-corrected chi connectivity index (χ4v) is 3.98. The highest BCUT2D eigenvalue weighted by Gasteiger charge is 2.19. The lowest BCUT2D eigenvalue weighted by Gasteiger charge is -2.03. The van der Waals surface area contributed by atoms with E-state index in [-0.39, 0.29) is 12.4 Å². The Balaban J connectivity index is 1.59. The van der Waals surface area contributed by atoms with Crippen LogP contribution >= 0.6 is 22.9 Å². The molecule has 0 saturated heterocycles. The minimum Gasteiger partial charge on any atom is -0.453 e. The molecule has 0 aliphatic rings. The molecule has 0 bridgehead atoms. The van der Waals surface area contributed by atoms with Crippen LogP contribution in [-0.4, -0.2) is 33.1 Å². The van der Waals surface area contributed by atoms with E-state index in [1.807, 2.05) is 19.1 Å². The number of hydrogen-bond acceptors (Lipinski definition) is 5. The standard InChI is InChI=1S/C19H14ClN3O3S/c1-11-14-9-17(19(25)26-10-16(24)15-6-3-7-21-15)27-18(14)23(22-11)13-5-2-4-12(20)8-13/h2-9,21H,10H2,1H3. The highest BCUT2D eigenvalue weighted by Crippen LogP contribution is 2.31. The molecule has 0 aliphatic heterocycles. The molecule has 0 unspecified atom stereocenters. The molecule has 4 rings (SSSR count). The van der Waals surface area contributed by atoms with Crippen molar-refractivity contribution in [3.63, 3.8) is 0 Å². The van der Waals surface area contributed by atoms with Gasteiger partial charge in [-0.05, 0) is 43.3 Å². The van der Waals surface area contributed by atoms with Crippen LogP contribution in [0.2, 0.25) is 5.02 Å². The number of carbonyl (C=O) groups is 2. The maximum Gasteiger partial charge on any atom is 0.348 e. The molecular weight excluding hydrogens is 386 g/mol. The van der Waals surface area contributed by atoms with Crippen LogP contribution in [0, 0.1) is 6.92 Å². The summed E-state index contributed by atoms with van der Waals surface area (Å²) in [6.45, 7) is 1.56. The normalized spacial score (nSPS) is 11.0. The molecule has 0 radical (unpaired) electrons. The summed E-state index contributed by atoms with van der Waals surface area (Å²) in [5.41, 5.74) is 2.01. The van der Waals surface area contributed by atoms with Crippen molar-refractivity contribution in [2.45, 2.75) is 6.92 Å². The largest absolute Gasteiger partial charge is 0.453 e. The van der Waals surface area contributed by atoms with Crippen LogP contribution in [0.4, 0.5) is 0 Å². The molecule has 1 N–H and O–H groups in total. The van der Waals surface area contributed by atoms with Gasteiger partial charge in [0.05, 0.1) is 17.1 Å². The number of nitrogens with zero attached hydrogens (tertiary/aromatic N) is 2. The van der Waals surface area contributed by atoms with Gasteiger partial charge in [0.25, 0.3) is 0 Å². The van der Waals surface area contributed by atoms with E-state index in [0.29, 0.717) is 15.6 Å². The van der Waals surface area contributed by atoms with Gasteiger partial charge in [-0.15, -0.1) is 11.3 Å². The molecule has 0 saturated carbocycles. The number of rotatable bonds is 5. The maximum absolute atomic E-state index is 12.4. The summed E-state index contributed by atoms with van der Waals surface area (Å²) in [6, 6.07) is 12.4. The number of benzene rings is 1. The summed E-state index contributed by atoms with van der Waals surface area (Å²) in [5.74, 6) is -0.816. The van der Waals surface area contributed by atoms with Gasteiger partial charge >= 0.3 is 5.97 Å². The summed E-state index contributed by atoms with van der Waals surface area (Å²) < 4.78 is 6.92. The number of Topliss-reactive ketones (excluding diaryl/α,β-unsaturated/α-hetero) is 1. The summed E-state index contributed by atoms with van der Waals surface area (Å²) in [5, 5.41) is 6.00. The quantitative estimate of drug-likeness (QED) is 0.398. The molecule has 6 nitrogen and oxygen atoms in total. The number of ketones is 1. The molecule has 1 aromatic carbocycles. The van der Waals surface area contributed by atoms with Crippen LogP contribution in [0.15, 0.2) is 48.7 Å². The smallest absolute Gasteiger partial charge is 0.348 e. The Morgan fingerprint density at radius 1 is 1.26 bits per heavy atom. The Labute approximate surface area is 163 Å². The van der Waals surface area contributed by atoms with Crippen LogP contribution in [0.5, 0.6) is 0 Å².